The van der Waals surface area contributed by atoms with Crippen molar-refractivity contribution in [3.63, 3.8) is 0 Å². The summed E-state index contributed by atoms with van der Waals surface area (Å²) in [7, 11) is -3.81. The molecule has 4 heterocycles. The number of carbonyl (C=O) groups excluding carboxylic acids is 1. The number of rotatable bonds is 7. The average Bonchev–Trinajstić information content (AvgIpc) is 2.88. The van der Waals surface area contributed by atoms with Crippen molar-refractivity contribution in [3.8, 4) is 22.9 Å². The highest BCUT2D eigenvalue weighted by atomic mass is 32.2. The molecule has 14 heteroatoms. The number of alkyl halides is 5. The van der Waals surface area contributed by atoms with E-state index in [0.29, 0.717) is 0 Å². The number of carbonyl (C=O) groups is 1. The number of nitrogens with zero attached hydrogens (tertiary/aromatic N) is 5. The van der Waals surface area contributed by atoms with Crippen LogP contribution in [0.5, 0.6) is 0 Å². The molecule has 1 unspecified atom stereocenters. The normalized spacial score (nSPS) is 15.2. The van der Waals surface area contributed by atoms with Crippen LogP contribution in [0.4, 0.5) is 27.6 Å². The number of anilines is 1. The standard InChI is InChI=1S/C22H18F5N5O3S/c1-2-36(34,35)16-6-5-13(19-28-8-3-9-29-19)31-18(16)14-10-12-4-7-17(33)32(15(12)11-30-14)21(25)22(26,27)20(23)24/h3,5-6,8-11,20-21H,2,4,7H2,1H3. The topological polar surface area (TPSA) is 106 Å². The first-order valence-corrected chi connectivity index (χ1v) is 12.2. The fraction of sp³-hybridized carbons (Fsp3) is 0.318. The summed E-state index contributed by atoms with van der Waals surface area (Å²) < 4.78 is 93.0. The van der Waals surface area contributed by atoms with E-state index >= 15 is 0 Å². The minimum absolute atomic E-state index is 0.0103. The van der Waals surface area contributed by atoms with Crippen LogP contribution in [0.25, 0.3) is 22.9 Å². The van der Waals surface area contributed by atoms with Gasteiger partial charge in [0.2, 0.25) is 12.2 Å². The molecule has 4 rings (SSSR count). The summed E-state index contributed by atoms with van der Waals surface area (Å²) in [5.74, 6) is -6.29. The Balaban J connectivity index is 1.85. The average molecular weight is 527 g/mol. The molecule has 0 saturated carbocycles. The molecule has 3 aromatic heterocycles. The molecule has 1 amide bonds. The van der Waals surface area contributed by atoms with Crippen LogP contribution < -0.4 is 4.90 Å². The van der Waals surface area contributed by atoms with Crippen molar-refractivity contribution in [1.82, 2.24) is 19.9 Å². The maximum atomic E-state index is 14.5. The Morgan fingerprint density at radius 1 is 1.06 bits per heavy atom. The smallest absolute Gasteiger partial charge is 0.274 e. The molecule has 1 atom stereocenters. The molecule has 190 valence electrons. The van der Waals surface area contributed by atoms with Gasteiger partial charge in [0.15, 0.2) is 15.7 Å². The fourth-order valence-corrected chi connectivity index (χ4v) is 4.68. The van der Waals surface area contributed by atoms with E-state index in [0.717, 1.165) is 6.20 Å². The zero-order chi connectivity index (χ0) is 26.3. The molecule has 0 bridgehead atoms. The second-order valence-corrected chi connectivity index (χ2v) is 10.0. The van der Waals surface area contributed by atoms with Crippen LogP contribution in [0.3, 0.4) is 0 Å². The van der Waals surface area contributed by atoms with Crippen molar-refractivity contribution < 1.29 is 35.2 Å². The lowest BCUT2D eigenvalue weighted by Gasteiger charge is -2.34. The predicted molar refractivity (Wildman–Crippen MR) is 118 cm³/mol. The van der Waals surface area contributed by atoms with E-state index in [-0.39, 0.29) is 50.4 Å². The summed E-state index contributed by atoms with van der Waals surface area (Å²) in [6.07, 6.45) is -4.63. The highest BCUT2D eigenvalue weighted by Crippen LogP contribution is 2.39. The second-order valence-electron chi connectivity index (χ2n) is 7.79. The predicted octanol–water partition coefficient (Wildman–Crippen LogP) is 3.87. The van der Waals surface area contributed by atoms with Crippen LogP contribution in [0, 0.1) is 0 Å². The first-order chi connectivity index (χ1) is 17.0. The van der Waals surface area contributed by atoms with Crippen LogP contribution in [0.2, 0.25) is 0 Å². The number of aromatic nitrogens is 4. The number of fused-ring (bicyclic) bond motifs is 1. The third-order valence-corrected chi connectivity index (χ3v) is 7.31. The minimum Gasteiger partial charge on any atom is -0.274 e. The van der Waals surface area contributed by atoms with Gasteiger partial charge in [0.1, 0.15) is 11.4 Å². The van der Waals surface area contributed by atoms with Gasteiger partial charge in [-0.05, 0) is 36.2 Å². The van der Waals surface area contributed by atoms with Crippen molar-refractivity contribution in [2.45, 2.75) is 43.3 Å². The van der Waals surface area contributed by atoms with Crippen LogP contribution in [-0.2, 0) is 21.1 Å². The van der Waals surface area contributed by atoms with E-state index in [4.69, 9.17) is 0 Å². The van der Waals surface area contributed by atoms with Crippen molar-refractivity contribution in [2.24, 2.45) is 0 Å². The van der Waals surface area contributed by atoms with Gasteiger partial charge in [0, 0.05) is 18.8 Å². The Morgan fingerprint density at radius 2 is 1.75 bits per heavy atom. The molecule has 0 aromatic carbocycles. The van der Waals surface area contributed by atoms with Gasteiger partial charge in [0.05, 0.1) is 28.2 Å². The summed E-state index contributed by atoms with van der Waals surface area (Å²) in [6.45, 7) is 1.43. The molecular formula is C22H18F5N5O3S. The lowest BCUT2D eigenvalue weighted by atomic mass is 10.00. The first kappa shape index (κ1) is 25.5. The van der Waals surface area contributed by atoms with Gasteiger partial charge in [-0.25, -0.2) is 36.5 Å². The molecule has 0 N–H and O–H groups in total. The molecule has 1 aliphatic heterocycles. The molecule has 3 aromatic rings. The molecule has 0 radical (unpaired) electrons. The quantitative estimate of drug-likeness (QED) is 0.339. The van der Waals surface area contributed by atoms with Gasteiger partial charge in [0.25, 0.3) is 0 Å². The number of pyridine rings is 2. The van der Waals surface area contributed by atoms with E-state index in [1.54, 1.807) is 6.07 Å². The van der Waals surface area contributed by atoms with Gasteiger partial charge in [-0.1, -0.05) is 6.92 Å². The highest BCUT2D eigenvalue weighted by Gasteiger charge is 2.54. The van der Waals surface area contributed by atoms with Gasteiger partial charge in [-0.15, -0.1) is 0 Å². The van der Waals surface area contributed by atoms with Gasteiger partial charge >= 0.3 is 12.3 Å². The zero-order valence-corrected chi connectivity index (χ0v) is 19.4. The maximum Gasteiger partial charge on any atom is 0.356 e. The van der Waals surface area contributed by atoms with Crippen molar-refractivity contribution in [2.75, 3.05) is 10.7 Å². The van der Waals surface area contributed by atoms with Gasteiger partial charge in [-0.3, -0.25) is 14.7 Å². The maximum absolute atomic E-state index is 14.5. The summed E-state index contributed by atoms with van der Waals surface area (Å²) in [4.78, 5) is 28.6. The highest BCUT2D eigenvalue weighted by molar-refractivity contribution is 7.91. The van der Waals surface area contributed by atoms with Crippen LogP contribution >= 0.6 is 0 Å². The lowest BCUT2D eigenvalue weighted by molar-refractivity contribution is -0.173. The molecule has 0 fully saturated rings. The molecule has 0 spiro atoms. The Morgan fingerprint density at radius 3 is 2.39 bits per heavy atom. The minimum atomic E-state index is -5.11. The summed E-state index contributed by atoms with van der Waals surface area (Å²) >= 11 is 0. The van der Waals surface area contributed by atoms with Crippen LogP contribution in [0.1, 0.15) is 18.9 Å². The third kappa shape index (κ3) is 4.52. The molecular weight excluding hydrogens is 509 g/mol. The van der Waals surface area contributed by atoms with Crippen molar-refractivity contribution in [3.05, 3.63) is 48.4 Å². The van der Waals surface area contributed by atoms with E-state index in [2.05, 4.69) is 19.9 Å². The number of halogens is 5. The number of sulfone groups is 1. The molecule has 0 saturated heterocycles. The van der Waals surface area contributed by atoms with Crippen LogP contribution in [-0.4, -0.2) is 58.7 Å². The third-order valence-electron chi connectivity index (χ3n) is 5.55. The summed E-state index contributed by atoms with van der Waals surface area (Å²) in [6, 6.07) is 5.58. The van der Waals surface area contributed by atoms with E-state index in [1.165, 1.54) is 37.5 Å². The SMILES string of the molecule is CCS(=O)(=O)c1ccc(-c2ncccn2)nc1-c1cc2c(cn1)N(C(F)C(F)(F)C(F)F)C(=O)CC2. The number of hydrogen-bond donors (Lipinski definition) is 0. The van der Waals surface area contributed by atoms with E-state index in [1.807, 2.05) is 0 Å². The first-order valence-electron chi connectivity index (χ1n) is 10.6. The van der Waals surface area contributed by atoms with E-state index in [9.17, 15) is 35.2 Å². The summed E-state index contributed by atoms with van der Waals surface area (Å²) in [5, 5.41) is 0. The summed E-state index contributed by atoms with van der Waals surface area (Å²) in [5.41, 5.74) is -0.162. The largest absolute Gasteiger partial charge is 0.356 e. The second kappa shape index (κ2) is 9.48. The van der Waals surface area contributed by atoms with Crippen molar-refractivity contribution >= 4 is 21.4 Å². The monoisotopic (exact) mass is 527 g/mol. The van der Waals surface area contributed by atoms with Gasteiger partial charge < -0.3 is 0 Å². The van der Waals surface area contributed by atoms with Gasteiger partial charge in [-0.2, -0.15) is 8.78 Å². The zero-order valence-electron chi connectivity index (χ0n) is 18.6. The molecule has 1 aliphatic rings. The fourth-order valence-electron chi connectivity index (χ4n) is 3.65. The van der Waals surface area contributed by atoms with Crippen molar-refractivity contribution in [1.29, 1.82) is 0 Å². The van der Waals surface area contributed by atoms with E-state index < -0.39 is 46.5 Å². The Kier molecular flexibility index (Phi) is 6.73. The molecule has 36 heavy (non-hydrogen) atoms. The Labute approximate surface area is 202 Å². The number of amides is 1. The molecule has 8 nitrogen and oxygen atoms in total. The Bertz CT molecular complexity index is 1410. The Hall–Kier alpha value is -3.55. The number of hydrogen-bond acceptors (Lipinski definition) is 7. The molecule has 0 aliphatic carbocycles. The number of aryl methyl sites for hydroxylation is 1. The van der Waals surface area contributed by atoms with Crippen LogP contribution in [0.15, 0.2) is 47.8 Å². The lowest BCUT2D eigenvalue weighted by Crippen LogP contribution is -2.53.